The van der Waals surface area contributed by atoms with Crippen LogP contribution in [0.15, 0.2) is 23.1 Å². The summed E-state index contributed by atoms with van der Waals surface area (Å²) >= 11 is 1.15. The number of hydrogen-bond acceptors (Lipinski definition) is 6. The van der Waals surface area contributed by atoms with E-state index in [2.05, 4.69) is 15.3 Å². The van der Waals surface area contributed by atoms with Gasteiger partial charge in [-0.15, -0.1) is 0 Å². The Morgan fingerprint density at radius 3 is 2.89 bits per heavy atom. The molecule has 19 heavy (non-hydrogen) atoms. The van der Waals surface area contributed by atoms with Gasteiger partial charge in [0.25, 0.3) is 5.91 Å². The Morgan fingerprint density at radius 1 is 1.47 bits per heavy atom. The van der Waals surface area contributed by atoms with Crippen LogP contribution in [0.1, 0.15) is 21.1 Å². The second-order valence-corrected chi connectivity index (χ2v) is 4.52. The van der Waals surface area contributed by atoms with Gasteiger partial charge in [-0.05, 0) is 13.0 Å². The van der Waals surface area contributed by atoms with Crippen LogP contribution < -0.4 is 5.32 Å². The topological polar surface area (TPSA) is 105 Å². The van der Waals surface area contributed by atoms with Crippen LogP contribution in [0.3, 0.4) is 0 Å². The largest absolute Gasteiger partial charge is 0.478 e. The molecule has 0 unspecified atom stereocenters. The molecule has 0 aliphatic carbocycles. The molecule has 0 aliphatic heterocycles. The van der Waals surface area contributed by atoms with Crippen molar-refractivity contribution in [2.75, 3.05) is 5.32 Å². The van der Waals surface area contributed by atoms with Gasteiger partial charge in [0.2, 0.25) is 5.76 Å². The summed E-state index contributed by atoms with van der Waals surface area (Å²) < 4.78 is 4.95. The molecule has 0 aliphatic rings. The first-order valence-electron chi connectivity index (χ1n) is 5.14. The normalized spacial score (nSPS) is 10.8. The van der Waals surface area contributed by atoms with Crippen molar-refractivity contribution in [1.82, 2.24) is 9.97 Å². The Morgan fingerprint density at radius 2 is 2.26 bits per heavy atom. The minimum atomic E-state index is -1.05. The third-order valence-electron chi connectivity index (χ3n) is 2.09. The van der Waals surface area contributed by atoms with Crippen LogP contribution in [0.4, 0.5) is 5.13 Å². The molecule has 2 aromatic rings. The zero-order valence-corrected chi connectivity index (χ0v) is 10.6. The molecule has 0 atom stereocenters. The van der Waals surface area contributed by atoms with Crippen molar-refractivity contribution in [1.29, 1.82) is 0 Å². The molecule has 0 fully saturated rings. The maximum absolute atomic E-state index is 11.8. The lowest BCUT2D eigenvalue weighted by Crippen LogP contribution is -2.11. The molecule has 0 aromatic carbocycles. The van der Waals surface area contributed by atoms with Crippen LogP contribution in [-0.4, -0.2) is 27.0 Å². The monoisotopic (exact) mass is 279 g/mol. The van der Waals surface area contributed by atoms with E-state index in [0.29, 0.717) is 15.7 Å². The van der Waals surface area contributed by atoms with E-state index in [1.54, 1.807) is 6.92 Å². The number of carbonyl (C=O) groups is 2. The van der Waals surface area contributed by atoms with Crippen molar-refractivity contribution in [3.8, 4) is 0 Å². The maximum Gasteiger partial charge on any atom is 0.328 e. The lowest BCUT2D eigenvalue weighted by Gasteiger charge is -1.97. The molecule has 0 saturated heterocycles. The number of carboxylic acid groups (broad SMARTS) is 1. The summed E-state index contributed by atoms with van der Waals surface area (Å²) in [5.74, 6) is -1.37. The van der Waals surface area contributed by atoms with Gasteiger partial charge >= 0.3 is 5.97 Å². The molecule has 0 saturated carbocycles. The van der Waals surface area contributed by atoms with Crippen LogP contribution in [0.25, 0.3) is 6.08 Å². The molecule has 2 heterocycles. The lowest BCUT2D eigenvalue weighted by atomic mass is 10.3. The molecule has 0 bridgehead atoms. The molecule has 2 rings (SSSR count). The van der Waals surface area contributed by atoms with Gasteiger partial charge in [0, 0.05) is 17.2 Å². The minimum absolute atomic E-state index is 0.123. The minimum Gasteiger partial charge on any atom is -0.478 e. The second kappa shape index (κ2) is 5.44. The molecule has 7 nitrogen and oxygen atoms in total. The number of aromatic nitrogens is 2. The SMILES string of the molecule is Cc1ncoc1C(=O)Nc1ncc(/C=C/C(=O)O)s1. The molecular weight excluding hydrogens is 270 g/mol. The number of rotatable bonds is 4. The van der Waals surface area contributed by atoms with E-state index < -0.39 is 11.9 Å². The Labute approximate surface area is 111 Å². The van der Waals surface area contributed by atoms with E-state index in [0.717, 1.165) is 17.4 Å². The fourth-order valence-electron chi connectivity index (χ4n) is 1.25. The van der Waals surface area contributed by atoms with Crippen molar-refractivity contribution < 1.29 is 19.1 Å². The van der Waals surface area contributed by atoms with Crippen molar-refractivity contribution >= 4 is 34.4 Å². The smallest absolute Gasteiger partial charge is 0.328 e. The van der Waals surface area contributed by atoms with Gasteiger partial charge in [-0.1, -0.05) is 11.3 Å². The Bertz CT molecular complexity index is 644. The molecule has 0 radical (unpaired) electrons. The summed E-state index contributed by atoms with van der Waals surface area (Å²) in [6.07, 6.45) is 5.05. The molecule has 2 aromatic heterocycles. The Hall–Kier alpha value is -2.48. The molecule has 0 spiro atoms. The Balaban J connectivity index is 2.06. The van der Waals surface area contributed by atoms with E-state index in [1.165, 1.54) is 18.7 Å². The predicted molar refractivity (Wildman–Crippen MR) is 68.0 cm³/mol. The quantitative estimate of drug-likeness (QED) is 0.826. The fourth-order valence-corrected chi connectivity index (χ4v) is 1.96. The summed E-state index contributed by atoms with van der Waals surface area (Å²) in [6.45, 7) is 1.65. The molecule has 1 amide bonds. The highest BCUT2D eigenvalue weighted by atomic mass is 32.1. The molecule has 8 heteroatoms. The third kappa shape index (κ3) is 3.26. The van der Waals surface area contributed by atoms with E-state index >= 15 is 0 Å². The second-order valence-electron chi connectivity index (χ2n) is 3.46. The summed E-state index contributed by atoms with van der Waals surface area (Å²) in [7, 11) is 0. The summed E-state index contributed by atoms with van der Waals surface area (Å²) in [5, 5.41) is 11.4. The zero-order valence-electron chi connectivity index (χ0n) is 9.78. The predicted octanol–water partition coefficient (Wildman–Crippen LogP) is 1.79. The lowest BCUT2D eigenvalue weighted by molar-refractivity contribution is -0.131. The van der Waals surface area contributed by atoms with Crippen molar-refractivity contribution in [3.63, 3.8) is 0 Å². The van der Waals surface area contributed by atoms with E-state index in [-0.39, 0.29) is 5.76 Å². The number of hydrogen-bond donors (Lipinski definition) is 2. The highest BCUT2D eigenvalue weighted by Gasteiger charge is 2.15. The number of thiazole rings is 1. The van der Waals surface area contributed by atoms with Crippen LogP contribution in [0.5, 0.6) is 0 Å². The summed E-state index contributed by atoms with van der Waals surface area (Å²) in [5.41, 5.74) is 0.486. The fraction of sp³-hybridized carbons (Fsp3) is 0.0909. The van der Waals surface area contributed by atoms with Gasteiger partial charge < -0.3 is 9.52 Å². The number of aliphatic carboxylic acids is 1. The van der Waals surface area contributed by atoms with Crippen LogP contribution in [0.2, 0.25) is 0 Å². The number of carbonyl (C=O) groups excluding carboxylic acids is 1. The van der Waals surface area contributed by atoms with E-state index in [1.807, 2.05) is 0 Å². The number of amides is 1. The molecule has 98 valence electrons. The molecular formula is C11H9N3O4S. The number of carboxylic acids is 1. The Kier molecular flexibility index (Phi) is 3.71. The van der Waals surface area contributed by atoms with Gasteiger partial charge in [0.1, 0.15) is 0 Å². The van der Waals surface area contributed by atoms with Crippen molar-refractivity contribution in [2.45, 2.75) is 6.92 Å². The van der Waals surface area contributed by atoms with Gasteiger partial charge in [-0.3, -0.25) is 10.1 Å². The first-order chi connectivity index (χ1) is 9.06. The van der Waals surface area contributed by atoms with Crippen molar-refractivity contribution in [3.05, 3.63) is 35.0 Å². The maximum atomic E-state index is 11.8. The zero-order chi connectivity index (χ0) is 13.8. The summed E-state index contributed by atoms with van der Waals surface area (Å²) in [4.78, 5) is 30.5. The van der Waals surface area contributed by atoms with Gasteiger partial charge in [0.15, 0.2) is 11.5 Å². The third-order valence-corrected chi connectivity index (χ3v) is 2.96. The number of nitrogens with one attached hydrogen (secondary N) is 1. The first kappa shape index (κ1) is 13.0. The number of anilines is 1. The van der Waals surface area contributed by atoms with Crippen LogP contribution in [0, 0.1) is 6.92 Å². The average molecular weight is 279 g/mol. The van der Waals surface area contributed by atoms with Gasteiger partial charge in [-0.25, -0.2) is 14.8 Å². The van der Waals surface area contributed by atoms with Gasteiger partial charge in [-0.2, -0.15) is 0 Å². The first-order valence-corrected chi connectivity index (χ1v) is 5.96. The molecule has 2 N–H and O–H groups in total. The van der Waals surface area contributed by atoms with Crippen LogP contribution >= 0.6 is 11.3 Å². The summed E-state index contributed by atoms with van der Waals surface area (Å²) in [6, 6.07) is 0. The number of aryl methyl sites for hydroxylation is 1. The van der Waals surface area contributed by atoms with Gasteiger partial charge in [0.05, 0.1) is 5.69 Å². The van der Waals surface area contributed by atoms with Crippen molar-refractivity contribution in [2.24, 2.45) is 0 Å². The number of oxazole rings is 1. The van der Waals surface area contributed by atoms with Crippen LogP contribution in [-0.2, 0) is 4.79 Å². The van der Waals surface area contributed by atoms with E-state index in [9.17, 15) is 9.59 Å². The van der Waals surface area contributed by atoms with E-state index in [4.69, 9.17) is 9.52 Å². The standard InChI is InChI=1S/C11H9N3O4S/c1-6-9(18-5-13-6)10(17)14-11-12-4-7(19-11)2-3-8(15)16/h2-5H,1H3,(H,15,16)(H,12,14,17)/b3-2+. The highest BCUT2D eigenvalue weighted by Crippen LogP contribution is 2.20. The highest BCUT2D eigenvalue weighted by molar-refractivity contribution is 7.16. The number of nitrogens with zero attached hydrogens (tertiary/aromatic N) is 2. The average Bonchev–Trinajstić information content (AvgIpc) is 2.95.